The molecule has 0 amide bonds. The number of hydrogen-bond acceptors (Lipinski definition) is 6. The van der Waals surface area contributed by atoms with Crippen molar-refractivity contribution in [2.75, 3.05) is 30.9 Å². The van der Waals surface area contributed by atoms with Gasteiger partial charge in [-0.15, -0.1) is 0 Å². The Hall–Kier alpha value is -4.26. The quantitative estimate of drug-likeness (QED) is 0.136. The zero-order valence-corrected chi connectivity index (χ0v) is 28.4. The molecule has 4 aromatic carbocycles. The van der Waals surface area contributed by atoms with Crippen LogP contribution in [0.3, 0.4) is 0 Å². The van der Waals surface area contributed by atoms with E-state index in [1.165, 1.54) is 35.1 Å². The smallest absolute Gasteiger partial charge is 0.225 e. The predicted octanol–water partition coefficient (Wildman–Crippen LogP) is 8.78. The van der Waals surface area contributed by atoms with Crippen molar-refractivity contribution in [1.82, 2.24) is 20.2 Å². The lowest BCUT2D eigenvalue weighted by Gasteiger charge is -2.36. The molecule has 1 fully saturated rings. The van der Waals surface area contributed by atoms with Crippen LogP contribution in [-0.4, -0.2) is 41.5 Å². The van der Waals surface area contributed by atoms with Gasteiger partial charge in [-0.3, -0.25) is 4.90 Å². The Morgan fingerprint density at radius 3 is 1.89 bits per heavy atom. The van der Waals surface area contributed by atoms with E-state index < -0.39 is 0 Å². The normalized spacial score (nSPS) is 17.8. The summed E-state index contributed by atoms with van der Waals surface area (Å²) >= 11 is 0. The number of fused-ring (bicyclic) bond motifs is 1. The molecule has 1 heterocycles. The highest BCUT2D eigenvalue weighted by atomic mass is 15.2. The maximum Gasteiger partial charge on any atom is 0.225 e. The van der Waals surface area contributed by atoms with E-state index in [1.54, 1.807) is 0 Å². The van der Waals surface area contributed by atoms with Crippen molar-refractivity contribution >= 4 is 22.7 Å². The fourth-order valence-corrected chi connectivity index (χ4v) is 7.11. The summed E-state index contributed by atoms with van der Waals surface area (Å²) in [5, 5.41) is 8.59. The van der Waals surface area contributed by atoms with E-state index in [1.807, 2.05) is 26.2 Å². The lowest BCUT2D eigenvalue weighted by Crippen LogP contribution is -2.32. The minimum atomic E-state index is 0.283. The zero-order valence-electron chi connectivity index (χ0n) is 28.4. The van der Waals surface area contributed by atoms with Crippen molar-refractivity contribution in [1.29, 1.82) is 0 Å². The van der Waals surface area contributed by atoms with Gasteiger partial charge in [-0.1, -0.05) is 97.1 Å². The molecule has 0 saturated heterocycles. The Kier molecular flexibility index (Phi) is 10.8. The van der Waals surface area contributed by atoms with Gasteiger partial charge in [-0.2, -0.15) is 4.98 Å². The van der Waals surface area contributed by atoms with E-state index in [4.69, 9.17) is 9.97 Å². The van der Waals surface area contributed by atoms with Gasteiger partial charge in [0.2, 0.25) is 5.95 Å². The Morgan fingerprint density at radius 1 is 0.681 bits per heavy atom. The number of para-hydroxylation sites is 1. The number of aromatic nitrogens is 2. The van der Waals surface area contributed by atoms with Crippen LogP contribution >= 0.6 is 0 Å². The summed E-state index contributed by atoms with van der Waals surface area (Å²) in [5.41, 5.74) is 6.46. The van der Waals surface area contributed by atoms with Gasteiger partial charge in [0, 0.05) is 50.7 Å². The second kappa shape index (κ2) is 15.6. The average molecular weight is 627 g/mol. The van der Waals surface area contributed by atoms with Crippen LogP contribution in [-0.2, 0) is 13.1 Å². The molecule has 1 aromatic heterocycles. The highest BCUT2D eigenvalue weighted by Crippen LogP contribution is 2.33. The fraction of sp³-hybridized carbons (Fsp3) is 0.366. The lowest BCUT2D eigenvalue weighted by molar-refractivity contribution is 0.144. The van der Waals surface area contributed by atoms with Gasteiger partial charge in [-0.05, 0) is 86.4 Å². The van der Waals surface area contributed by atoms with E-state index >= 15 is 0 Å². The topological polar surface area (TPSA) is 56.3 Å². The van der Waals surface area contributed by atoms with Crippen LogP contribution in [0.4, 0.5) is 11.8 Å². The van der Waals surface area contributed by atoms with Crippen molar-refractivity contribution in [3.8, 4) is 0 Å². The SMILES string of the molecule is C[C@@H](c1ccccc1)N(Cc1ccccc1CNCC1CCC(Nc2nc(N(C)C)c3ccccc3n2)CC1)[C@@H](C)c1ccccc1. The molecule has 0 bridgehead atoms. The number of anilines is 2. The molecular formula is C41H50N6. The molecule has 1 aliphatic rings. The summed E-state index contributed by atoms with van der Waals surface area (Å²) in [7, 11) is 4.09. The van der Waals surface area contributed by atoms with Gasteiger partial charge in [-0.25, -0.2) is 4.98 Å². The first-order valence-corrected chi connectivity index (χ1v) is 17.3. The first-order valence-electron chi connectivity index (χ1n) is 17.3. The van der Waals surface area contributed by atoms with E-state index in [0.29, 0.717) is 12.0 Å². The standard InChI is InChI=1S/C41H50N6/c1-30(33-15-7-5-8-16-33)47(31(2)34-17-9-6-10-18-34)29-36-20-12-11-19-35(36)28-42-27-32-23-25-37(26-24-32)43-41-44-39-22-14-13-21-38(39)40(45-41)46(3)4/h5-22,30-32,37,42H,23-29H2,1-4H3,(H,43,44,45)/t30-,31-,32?,37?/m0/s1. The minimum absolute atomic E-state index is 0.283. The minimum Gasteiger partial charge on any atom is -0.362 e. The number of nitrogens with one attached hydrogen (secondary N) is 2. The van der Waals surface area contributed by atoms with Crippen molar-refractivity contribution in [3.63, 3.8) is 0 Å². The maximum atomic E-state index is 4.87. The molecule has 0 unspecified atom stereocenters. The van der Waals surface area contributed by atoms with Crippen LogP contribution < -0.4 is 15.5 Å². The third-order valence-corrected chi connectivity index (χ3v) is 9.97. The summed E-state index contributed by atoms with van der Waals surface area (Å²) in [4.78, 5) is 14.4. The van der Waals surface area contributed by atoms with Crippen molar-refractivity contribution in [2.24, 2.45) is 5.92 Å². The largest absolute Gasteiger partial charge is 0.362 e. The summed E-state index contributed by atoms with van der Waals surface area (Å²) in [6.45, 7) is 7.51. The first kappa shape index (κ1) is 32.7. The van der Waals surface area contributed by atoms with E-state index in [0.717, 1.165) is 55.1 Å². The molecule has 0 radical (unpaired) electrons. The van der Waals surface area contributed by atoms with Gasteiger partial charge in [0.15, 0.2) is 0 Å². The fourth-order valence-electron chi connectivity index (χ4n) is 7.11. The third kappa shape index (κ3) is 8.19. The van der Waals surface area contributed by atoms with Crippen molar-refractivity contribution in [2.45, 2.75) is 70.7 Å². The van der Waals surface area contributed by atoms with Gasteiger partial charge >= 0.3 is 0 Å². The van der Waals surface area contributed by atoms with Crippen molar-refractivity contribution in [3.05, 3.63) is 131 Å². The lowest BCUT2D eigenvalue weighted by atomic mass is 9.86. The summed E-state index contributed by atoms with van der Waals surface area (Å²) < 4.78 is 0. The van der Waals surface area contributed by atoms with Gasteiger partial charge in [0.1, 0.15) is 5.82 Å². The Labute approximate surface area is 281 Å². The molecule has 244 valence electrons. The molecule has 5 aromatic rings. The van der Waals surface area contributed by atoms with Crippen LogP contribution in [0.25, 0.3) is 10.9 Å². The maximum absolute atomic E-state index is 4.87. The van der Waals surface area contributed by atoms with Crippen LogP contribution in [0.2, 0.25) is 0 Å². The molecule has 6 heteroatoms. The predicted molar refractivity (Wildman–Crippen MR) is 197 cm³/mol. The molecule has 2 N–H and O–H groups in total. The van der Waals surface area contributed by atoms with Crippen LogP contribution in [0.1, 0.15) is 73.9 Å². The molecule has 2 atom stereocenters. The summed E-state index contributed by atoms with van der Waals surface area (Å²) in [6, 6.07) is 40.0. The molecular weight excluding hydrogens is 576 g/mol. The molecule has 47 heavy (non-hydrogen) atoms. The second-order valence-corrected chi connectivity index (χ2v) is 13.4. The Bertz CT molecular complexity index is 1650. The van der Waals surface area contributed by atoms with E-state index in [-0.39, 0.29) is 12.1 Å². The molecule has 1 aliphatic carbocycles. The van der Waals surface area contributed by atoms with Crippen LogP contribution in [0.15, 0.2) is 109 Å². The Morgan fingerprint density at radius 2 is 1.26 bits per heavy atom. The monoisotopic (exact) mass is 626 g/mol. The molecule has 0 spiro atoms. The first-order chi connectivity index (χ1) is 23.0. The summed E-state index contributed by atoms with van der Waals surface area (Å²) in [5.74, 6) is 2.38. The molecule has 0 aliphatic heterocycles. The van der Waals surface area contributed by atoms with Crippen LogP contribution in [0, 0.1) is 5.92 Å². The molecule has 1 saturated carbocycles. The van der Waals surface area contributed by atoms with E-state index in [2.05, 4.69) is 131 Å². The zero-order chi connectivity index (χ0) is 32.6. The van der Waals surface area contributed by atoms with Crippen molar-refractivity contribution < 1.29 is 0 Å². The number of rotatable bonds is 13. The van der Waals surface area contributed by atoms with Gasteiger partial charge < -0.3 is 15.5 Å². The second-order valence-electron chi connectivity index (χ2n) is 13.4. The molecule has 6 nitrogen and oxygen atoms in total. The number of benzene rings is 4. The van der Waals surface area contributed by atoms with Gasteiger partial charge in [0.25, 0.3) is 0 Å². The number of nitrogens with zero attached hydrogens (tertiary/aromatic N) is 4. The average Bonchev–Trinajstić information content (AvgIpc) is 3.11. The Balaban J connectivity index is 1.05. The highest BCUT2D eigenvalue weighted by molar-refractivity contribution is 5.90. The third-order valence-electron chi connectivity index (χ3n) is 9.97. The highest BCUT2D eigenvalue weighted by Gasteiger charge is 2.25. The van der Waals surface area contributed by atoms with Crippen LogP contribution in [0.5, 0.6) is 0 Å². The molecule has 6 rings (SSSR count). The number of hydrogen-bond donors (Lipinski definition) is 2. The van der Waals surface area contributed by atoms with E-state index in [9.17, 15) is 0 Å². The van der Waals surface area contributed by atoms with Gasteiger partial charge in [0.05, 0.1) is 5.52 Å². The summed E-state index contributed by atoms with van der Waals surface area (Å²) in [6.07, 6.45) is 4.69.